The number of hydrogen-bond acceptors (Lipinski definition) is 4. The summed E-state index contributed by atoms with van der Waals surface area (Å²) in [7, 11) is 1.49. The number of aromatic nitrogens is 2. The fraction of sp³-hybridized carbons (Fsp3) is 0.0588. The van der Waals surface area contributed by atoms with Crippen molar-refractivity contribution >= 4 is 23.1 Å². The minimum Gasteiger partial charge on any atom is -0.504 e. The molecular weight excluding hydrogens is 280 g/mol. The molecule has 2 aromatic carbocycles. The number of aromatic amines is 1. The van der Waals surface area contributed by atoms with Crippen LogP contribution >= 0.6 is 0 Å². The van der Waals surface area contributed by atoms with E-state index in [1.54, 1.807) is 48.6 Å². The van der Waals surface area contributed by atoms with E-state index in [4.69, 9.17) is 4.74 Å². The highest BCUT2D eigenvalue weighted by Crippen LogP contribution is 2.26. The molecule has 0 spiro atoms. The summed E-state index contributed by atoms with van der Waals surface area (Å²) in [6, 6.07) is 12.2. The van der Waals surface area contributed by atoms with Gasteiger partial charge in [0.15, 0.2) is 11.5 Å². The van der Waals surface area contributed by atoms with Gasteiger partial charge in [0.25, 0.3) is 5.56 Å². The van der Waals surface area contributed by atoms with Crippen molar-refractivity contribution in [1.29, 1.82) is 0 Å². The van der Waals surface area contributed by atoms with Gasteiger partial charge in [-0.15, -0.1) is 0 Å². The second-order valence-corrected chi connectivity index (χ2v) is 4.73. The number of aromatic hydroxyl groups is 1. The Morgan fingerprint density at radius 3 is 2.82 bits per heavy atom. The molecule has 0 bridgehead atoms. The van der Waals surface area contributed by atoms with Gasteiger partial charge in [0.1, 0.15) is 5.82 Å². The van der Waals surface area contributed by atoms with Crippen molar-refractivity contribution in [2.24, 2.45) is 0 Å². The molecule has 0 aliphatic carbocycles. The third-order valence-electron chi connectivity index (χ3n) is 3.27. The van der Waals surface area contributed by atoms with Crippen LogP contribution in [0.3, 0.4) is 0 Å². The number of methoxy groups -OCH3 is 1. The van der Waals surface area contributed by atoms with Gasteiger partial charge in [0, 0.05) is 0 Å². The molecule has 0 saturated heterocycles. The molecule has 5 nitrogen and oxygen atoms in total. The average Bonchev–Trinajstić information content (AvgIpc) is 2.54. The van der Waals surface area contributed by atoms with Crippen molar-refractivity contribution in [2.75, 3.05) is 7.11 Å². The Bertz CT molecular complexity index is 913. The molecule has 110 valence electrons. The molecule has 0 aliphatic heterocycles. The lowest BCUT2D eigenvalue weighted by Crippen LogP contribution is -2.09. The predicted octanol–water partition coefficient (Wildman–Crippen LogP) is 2.81. The van der Waals surface area contributed by atoms with Gasteiger partial charge in [-0.25, -0.2) is 4.98 Å². The van der Waals surface area contributed by atoms with E-state index in [1.807, 2.05) is 6.07 Å². The van der Waals surface area contributed by atoms with Gasteiger partial charge in [-0.3, -0.25) is 4.79 Å². The van der Waals surface area contributed by atoms with Crippen LogP contribution < -0.4 is 10.3 Å². The molecule has 2 N–H and O–H groups in total. The van der Waals surface area contributed by atoms with Crippen LogP contribution in [0, 0.1) is 0 Å². The SMILES string of the molecule is COc1cc(/C=C\c2nc3ccccc3c(=O)[nH]2)ccc1O. The first-order chi connectivity index (χ1) is 10.7. The van der Waals surface area contributed by atoms with Crippen molar-refractivity contribution in [3.63, 3.8) is 0 Å². The van der Waals surface area contributed by atoms with E-state index in [2.05, 4.69) is 9.97 Å². The van der Waals surface area contributed by atoms with E-state index in [1.165, 1.54) is 7.11 Å². The third-order valence-corrected chi connectivity index (χ3v) is 3.27. The zero-order valence-electron chi connectivity index (χ0n) is 11.9. The van der Waals surface area contributed by atoms with Crippen LogP contribution in [0.15, 0.2) is 47.3 Å². The van der Waals surface area contributed by atoms with Crippen LogP contribution in [-0.2, 0) is 0 Å². The van der Waals surface area contributed by atoms with E-state index < -0.39 is 0 Å². The molecule has 0 saturated carbocycles. The zero-order valence-corrected chi connectivity index (χ0v) is 11.9. The van der Waals surface area contributed by atoms with Crippen LogP contribution in [0.4, 0.5) is 0 Å². The lowest BCUT2D eigenvalue weighted by Gasteiger charge is -2.03. The van der Waals surface area contributed by atoms with Crippen molar-refractivity contribution < 1.29 is 9.84 Å². The summed E-state index contributed by atoms with van der Waals surface area (Å²) in [4.78, 5) is 19.1. The smallest absolute Gasteiger partial charge is 0.259 e. The van der Waals surface area contributed by atoms with Crippen molar-refractivity contribution in [1.82, 2.24) is 9.97 Å². The molecule has 3 rings (SSSR count). The quantitative estimate of drug-likeness (QED) is 0.779. The summed E-state index contributed by atoms with van der Waals surface area (Å²) in [5, 5.41) is 10.1. The first-order valence-corrected chi connectivity index (χ1v) is 6.71. The normalized spacial score (nSPS) is 11.1. The second-order valence-electron chi connectivity index (χ2n) is 4.73. The van der Waals surface area contributed by atoms with Gasteiger partial charge in [0.05, 0.1) is 18.0 Å². The lowest BCUT2D eigenvalue weighted by atomic mass is 10.2. The first-order valence-electron chi connectivity index (χ1n) is 6.71. The van der Waals surface area contributed by atoms with Gasteiger partial charge in [0.2, 0.25) is 0 Å². The number of H-pyrrole nitrogens is 1. The fourth-order valence-electron chi connectivity index (χ4n) is 2.16. The molecule has 1 heterocycles. The molecule has 22 heavy (non-hydrogen) atoms. The number of fused-ring (bicyclic) bond motifs is 1. The van der Waals surface area contributed by atoms with Crippen LogP contribution in [0.5, 0.6) is 11.5 Å². The van der Waals surface area contributed by atoms with E-state index in [9.17, 15) is 9.90 Å². The summed E-state index contributed by atoms with van der Waals surface area (Å²) in [6.07, 6.45) is 3.49. The number of nitrogens with zero attached hydrogens (tertiary/aromatic N) is 1. The second kappa shape index (κ2) is 5.73. The maximum absolute atomic E-state index is 12.0. The predicted molar refractivity (Wildman–Crippen MR) is 86.0 cm³/mol. The Morgan fingerprint density at radius 1 is 1.18 bits per heavy atom. The van der Waals surface area contributed by atoms with Crippen molar-refractivity contribution in [2.45, 2.75) is 0 Å². The summed E-state index contributed by atoms with van der Waals surface area (Å²) < 4.78 is 5.06. The standard InChI is InChI=1S/C17H14N2O3/c1-22-15-10-11(6-8-14(15)20)7-9-16-18-13-5-3-2-4-12(13)17(21)19-16/h2-10,20H,1H3,(H,18,19,21)/b9-7-. The highest BCUT2D eigenvalue weighted by molar-refractivity contribution is 5.79. The van der Waals surface area contributed by atoms with Crippen molar-refractivity contribution in [3.8, 4) is 11.5 Å². The number of ether oxygens (including phenoxy) is 1. The highest BCUT2D eigenvalue weighted by atomic mass is 16.5. The van der Waals surface area contributed by atoms with E-state index in [0.29, 0.717) is 22.5 Å². The summed E-state index contributed by atoms with van der Waals surface area (Å²) in [5.74, 6) is 0.940. The molecule has 0 fully saturated rings. The molecule has 0 unspecified atom stereocenters. The first kappa shape index (κ1) is 13.9. The molecule has 0 amide bonds. The number of benzene rings is 2. The zero-order chi connectivity index (χ0) is 15.5. The van der Waals surface area contributed by atoms with Crippen molar-refractivity contribution in [3.05, 3.63) is 64.2 Å². The van der Waals surface area contributed by atoms with Gasteiger partial charge in [-0.1, -0.05) is 24.3 Å². The maximum Gasteiger partial charge on any atom is 0.259 e. The number of phenolic OH excluding ortho intramolecular Hbond substituents is 1. The Balaban J connectivity index is 1.97. The van der Waals surface area contributed by atoms with E-state index in [0.717, 1.165) is 5.56 Å². The molecule has 0 radical (unpaired) electrons. The topological polar surface area (TPSA) is 75.2 Å². The molecule has 0 atom stereocenters. The highest BCUT2D eigenvalue weighted by Gasteiger charge is 2.02. The Labute approximate surface area is 126 Å². The number of rotatable bonds is 3. The molecular formula is C17H14N2O3. The van der Waals surface area contributed by atoms with Crippen LogP contribution in [0.25, 0.3) is 23.1 Å². The molecule has 3 aromatic rings. The Morgan fingerprint density at radius 2 is 2.00 bits per heavy atom. The summed E-state index contributed by atoms with van der Waals surface area (Å²) >= 11 is 0. The molecule has 1 aromatic heterocycles. The maximum atomic E-state index is 12.0. The minimum atomic E-state index is -0.173. The molecule has 5 heteroatoms. The van der Waals surface area contributed by atoms with Crippen LogP contribution in [0.2, 0.25) is 0 Å². The van der Waals surface area contributed by atoms with Gasteiger partial charge >= 0.3 is 0 Å². The number of nitrogens with one attached hydrogen (secondary N) is 1. The fourth-order valence-corrected chi connectivity index (χ4v) is 2.16. The summed E-state index contributed by atoms with van der Waals surface area (Å²) in [5.41, 5.74) is 1.30. The largest absolute Gasteiger partial charge is 0.504 e. The van der Waals surface area contributed by atoms with Gasteiger partial charge in [-0.05, 0) is 35.9 Å². The van der Waals surface area contributed by atoms with Crippen LogP contribution in [-0.4, -0.2) is 22.2 Å². The lowest BCUT2D eigenvalue weighted by molar-refractivity contribution is 0.373. The number of para-hydroxylation sites is 1. The Hall–Kier alpha value is -3.08. The van der Waals surface area contributed by atoms with Gasteiger partial charge < -0.3 is 14.8 Å². The third kappa shape index (κ3) is 2.69. The minimum absolute atomic E-state index is 0.0805. The number of phenols is 1. The average molecular weight is 294 g/mol. The Kier molecular flexibility index (Phi) is 3.62. The summed E-state index contributed by atoms with van der Waals surface area (Å²) in [6.45, 7) is 0. The van der Waals surface area contributed by atoms with Crippen LogP contribution in [0.1, 0.15) is 11.4 Å². The van der Waals surface area contributed by atoms with E-state index in [-0.39, 0.29) is 11.3 Å². The molecule has 0 aliphatic rings. The van der Waals surface area contributed by atoms with Gasteiger partial charge in [-0.2, -0.15) is 0 Å². The van der Waals surface area contributed by atoms with E-state index >= 15 is 0 Å². The number of hydrogen-bond donors (Lipinski definition) is 2. The monoisotopic (exact) mass is 294 g/mol.